The average molecular weight is 218 g/mol. The summed E-state index contributed by atoms with van der Waals surface area (Å²) in [6.07, 6.45) is 1.94. The van der Waals surface area contributed by atoms with Crippen molar-refractivity contribution in [2.24, 2.45) is 0 Å². The molecule has 0 aromatic rings. The molecule has 86 valence electrons. The van der Waals surface area contributed by atoms with Crippen LogP contribution in [0.25, 0.3) is 0 Å². The van der Waals surface area contributed by atoms with Gasteiger partial charge in [0.1, 0.15) is 6.61 Å². The van der Waals surface area contributed by atoms with Crippen LogP contribution in [0, 0.1) is 0 Å². The first-order valence-corrected chi connectivity index (χ1v) is 4.32. The smallest absolute Gasteiger partial charge is 0.331 e. The molecule has 0 spiro atoms. The average Bonchev–Trinajstić information content (AvgIpc) is 2.25. The monoisotopic (exact) mass is 218 g/mol. The van der Waals surface area contributed by atoms with Gasteiger partial charge in [-0.25, -0.2) is 9.59 Å². The van der Waals surface area contributed by atoms with Crippen LogP contribution in [-0.4, -0.2) is 50.6 Å². The number of carbonyl (C=O) groups is 2. The molecule has 0 atom stereocenters. The number of esters is 2. The van der Waals surface area contributed by atoms with Crippen molar-refractivity contribution < 1.29 is 28.9 Å². The topological polar surface area (TPSA) is 82.1 Å². The van der Waals surface area contributed by atoms with Crippen LogP contribution in [0.2, 0.25) is 0 Å². The van der Waals surface area contributed by atoms with Crippen molar-refractivity contribution in [1.29, 1.82) is 0 Å². The Morgan fingerprint density at radius 1 is 1.13 bits per heavy atom. The largest absolute Gasteiger partial charge is 0.466 e. The predicted molar refractivity (Wildman–Crippen MR) is 50.0 cm³/mol. The second kappa shape index (κ2) is 9.17. The zero-order valence-corrected chi connectivity index (χ0v) is 8.47. The molecular formula is C9H14O6. The number of carbonyl (C=O) groups excluding carboxylic acids is 2. The minimum atomic E-state index is -0.645. The lowest BCUT2D eigenvalue weighted by molar-refractivity contribution is -0.140. The third-order valence-corrected chi connectivity index (χ3v) is 1.26. The second-order valence-electron chi connectivity index (χ2n) is 2.36. The maximum atomic E-state index is 10.9. The van der Waals surface area contributed by atoms with Crippen molar-refractivity contribution in [3.8, 4) is 0 Å². The van der Waals surface area contributed by atoms with Gasteiger partial charge in [-0.3, -0.25) is 0 Å². The molecule has 0 bridgehead atoms. The van der Waals surface area contributed by atoms with Crippen molar-refractivity contribution in [2.75, 3.05) is 33.5 Å². The van der Waals surface area contributed by atoms with Crippen molar-refractivity contribution >= 4 is 11.9 Å². The second-order valence-corrected chi connectivity index (χ2v) is 2.36. The van der Waals surface area contributed by atoms with Crippen LogP contribution >= 0.6 is 0 Å². The van der Waals surface area contributed by atoms with Crippen molar-refractivity contribution in [2.45, 2.75) is 0 Å². The predicted octanol–water partition coefficient (Wildman–Crippen LogP) is -0.732. The molecule has 0 aliphatic rings. The molecule has 0 saturated carbocycles. The SMILES string of the molecule is COC(=O)/C=C/C(=O)OCCOCCO. The number of ether oxygens (including phenoxy) is 3. The van der Waals surface area contributed by atoms with E-state index in [2.05, 4.69) is 9.47 Å². The van der Waals surface area contributed by atoms with Gasteiger partial charge in [0.05, 0.1) is 26.9 Å². The summed E-state index contributed by atoms with van der Waals surface area (Å²) < 4.78 is 13.8. The van der Waals surface area contributed by atoms with E-state index >= 15 is 0 Å². The molecule has 0 saturated heterocycles. The van der Waals surface area contributed by atoms with Crippen LogP contribution in [0.15, 0.2) is 12.2 Å². The Labute approximate surface area is 87.4 Å². The van der Waals surface area contributed by atoms with Crippen LogP contribution < -0.4 is 0 Å². The molecule has 0 radical (unpaired) electrons. The number of aliphatic hydroxyl groups is 1. The molecule has 0 heterocycles. The molecule has 15 heavy (non-hydrogen) atoms. The summed E-state index contributed by atoms with van der Waals surface area (Å²) >= 11 is 0. The van der Waals surface area contributed by atoms with Gasteiger partial charge in [0.25, 0.3) is 0 Å². The fourth-order valence-electron chi connectivity index (χ4n) is 0.620. The lowest BCUT2D eigenvalue weighted by Gasteiger charge is -2.02. The number of aliphatic hydroxyl groups excluding tert-OH is 1. The molecule has 0 rings (SSSR count). The summed E-state index contributed by atoms with van der Waals surface area (Å²) in [4.78, 5) is 21.4. The van der Waals surface area contributed by atoms with Crippen LogP contribution in [-0.2, 0) is 23.8 Å². The van der Waals surface area contributed by atoms with Gasteiger partial charge < -0.3 is 19.3 Å². The lowest BCUT2D eigenvalue weighted by Crippen LogP contribution is -2.10. The number of methoxy groups -OCH3 is 1. The van der Waals surface area contributed by atoms with E-state index in [-0.39, 0.29) is 26.4 Å². The molecule has 6 nitrogen and oxygen atoms in total. The standard InChI is InChI=1S/C9H14O6/c1-13-8(11)2-3-9(12)15-7-6-14-5-4-10/h2-3,10H,4-7H2,1H3/b3-2+. The van der Waals surface area contributed by atoms with E-state index in [0.29, 0.717) is 0 Å². The van der Waals surface area contributed by atoms with Gasteiger partial charge in [0.2, 0.25) is 0 Å². The van der Waals surface area contributed by atoms with Gasteiger partial charge in [-0.1, -0.05) is 0 Å². The number of rotatable bonds is 7. The fraction of sp³-hybridized carbons (Fsp3) is 0.556. The Kier molecular flexibility index (Phi) is 8.31. The normalized spacial score (nSPS) is 10.3. The van der Waals surface area contributed by atoms with Crippen molar-refractivity contribution in [1.82, 2.24) is 0 Å². The van der Waals surface area contributed by atoms with Gasteiger partial charge in [-0.2, -0.15) is 0 Å². The van der Waals surface area contributed by atoms with Crippen LogP contribution in [0.1, 0.15) is 0 Å². The summed E-state index contributed by atoms with van der Waals surface area (Å²) in [7, 11) is 1.21. The Hall–Kier alpha value is -1.40. The van der Waals surface area contributed by atoms with Gasteiger partial charge in [0.15, 0.2) is 0 Å². The summed E-state index contributed by atoms with van der Waals surface area (Å²) in [6.45, 7) is 0.411. The van der Waals surface area contributed by atoms with E-state index in [1.807, 2.05) is 0 Å². The Balaban J connectivity index is 3.49. The summed E-state index contributed by atoms with van der Waals surface area (Å²) in [5.41, 5.74) is 0. The van der Waals surface area contributed by atoms with E-state index < -0.39 is 11.9 Å². The summed E-state index contributed by atoms with van der Waals surface area (Å²) in [5, 5.41) is 8.35. The quantitative estimate of drug-likeness (QED) is 0.344. The molecule has 0 fully saturated rings. The zero-order chi connectivity index (χ0) is 11.5. The van der Waals surface area contributed by atoms with Gasteiger partial charge in [-0.05, 0) is 0 Å². The summed E-state index contributed by atoms with van der Waals surface area (Å²) in [5.74, 6) is -1.27. The Morgan fingerprint density at radius 2 is 1.80 bits per heavy atom. The highest BCUT2D eigenvalue weighted by Gasteiger charge is 1.98. The van der Waals surface area contributed by atoms with E-state index in [1.54, 1.807) is 0 Å². The van der Waals surface area contributed by atoms with Gasteiger partial charge in [-0.15, -0.1) is 0 Å². The van der Waals surface area contributed by atoms with E-state index in [1.165, 1.54) is 7.11 Å². The fourth-order valence-corrected chi connectivity index (χ4v) is 0.620. The minimum Gasteiger partial charge on any atom is -0.466 e. The number of hydrogen-bond donors (Lipinski definition) is 1. The maximum absolute atomic E-state index is 10.9. The van der Waals surface area contributed by atoms with E-state index in [9.17, 15) is 9.59 Å². The molecule has 0 unspecified atom stereocenters. The van der Waals surface area contributed by atoms with Gasteiger partial charge >= 0.3 is 11.9 Å². The maximum Gasteiger partial charge on any atom is 0.331 e. The summed E-state index contributed by atoms with van der Waals surface area (Å²) in [6, 6.07) is 0. The highest BCUT2D eigenvalue weighted by molar-refractivity contribution is 5.91. The van der Waals surface area contributed by atoms with Crippen molar-refractivity contribution in [3.05, 3.63) is 12.2 Å². The minimum absolute atomic E-state index is 0.0732. The highest BCUT2D eigenvalue weighted by Crippen LogP contribution is 1.85. The number of hydrogen-bond acceptors (Lipinski definition) is 6. The molecule has 0 amide bonds. The van der Waals surface area contributed by atoms with Crippen LogP contribution in [0.5, 0.6) is 0 Å². The molecule has 0 aliphatic heterocycles. The third-order valence-electron chi connectivity index (χ3n) is 1.26. The van der Waals surface area contributed by atoms with Gasteiger partial charge in [0, 0.05) is 12.2 Å². The molecule has 0 aliphatic carbocycles. The van der Waals surface area contributed by atoms with Crippen molar-refractivity contribution in [3.63, 3.8) is 0 Å². The lowest BCUT2D eigenvalue weighted by atomic mass is 10.5. The zero-order valence-electron chi connectivity index (χ0n) is 8.47. The Bertz CT molecular complexity index is 223. The molecule has 0 aromatic carbocycles. The molecular weight excluding hydrogens is 204 g/mol. The van der Waals surface area contributed by atoms with Crippen LogP contribution in [0.3, 0.4) is 0 Å². The molecule has 1 N–H and O–H groups in total. The van der Waals surface area contributed by atoms with Crippen LogP contribution in [0.4, 0.5) is 0 Å². The first kappa shape index (κ1) is 13.6. The van der Waals surface area contributed by atoms with E-state index in [0.717, 1.165) is 12.2 Å². The Morgan fingerprint density at radius 3 is 2.40 bits per heavy atom. The third kappa shape index (κ3) is 8.92. The molecule has 0 aromatic heterocycles. The molecule has 6 heteroatoms. The highest BCUT2D eigenvalue weighted by atomic mass is 16.6. The van der Waals surface area contributed by atoms with E-state index in [4.69, 9.17) is 9.84 Å². The first-order chi connectivity index (χ1) is 7.20. The first-order valence-electron chi connectivity index (χ1n) is 4.32.